The number of rotatable bonds is 3. The Hall–Kier alpha value is -3.46. The van der Waals surface area contributed by atoms with Crippen molar-refractivity contribution in [2.45, 2.75) is 32.2 Å². The molecule has 0 aromatic heterocycles. The van der Waals surface area contributed by atoms with Crippen LogP contribution in [0.25, 0.3) is 6.08 Å². The van der Waals surface area contributed by atoms with Crippen LogP contribution >= 0.6 is 0 Å². The molecule has 0 unspecified atom stereocenters. The van der Waals surface area contributed by atoms with Crippen molar-refractivity contribution in [3.05, 3.63) is 113 Å². The molecule has 0 N–H and O–H groups in total. The first-order valence-corrected chi connectivity index (χ1v) is 11.0. The van der Waals surface area contributed by atoms with Crippen molar-refractivity contribution in [3.63, 3.8) is 0 Å². The highest BCUT2D eigenvalue weighted by molar-refractivity contribution is 6.09. The maximum atomic E-state index is 13.5. The average molecular weight is 407 g/mol. The van der Waals surface area contributed by atoms with Crippen molar-refractivity contribution >= 4 is 17.7 Å². The Morgan fingerprint density at radius 1 is 0.935 bits per heavy atom. The van der Waals surface area contributed by atoms with Crippen LogP contribution in [-0.4, -0.2) is 16.6 Å². The van der Waals surface area contributed by atoms with Crippen LogP contribution in [0.1, 0.15) is 52.4 Å². The largest absolute Gasteiger partial charge is 0.274 e. The fraction of sp³-hybridized carbons (Fsp3) is 0.214. The number of carbonyl (C=O) groups is 1. The van der Waals surface area contributed by atoms with E-state index in [2.05, 4.69) is 42.5 Å². The summed E-state index contributed by atoms with van der Waals surface area (Å²) in [5.74, 6) is 0.190. The zero-order valence-electron chi connectivity index (χ0n) is 17.7. The smallest absolute Gasteiger partial charge is 0.267 e. The normalized spacial score (nSPS) is 21.6. The van der Waals surface area contributed by atoms with Crippen molar-refractivity contribution in [2.75, 3.05) is 0 Å². The van der Waals surface area contributed by atoms with Gasteiger partial charge in [0, 0.05) is 11.5 Å². The fourth-order valence-corrected chi connectivity index (χ4v) is 4.73. The first kappa shape index (κ1) is 19.5. The average Bonchev–Trinajstić information content (AvgIpc) is 3.21. The highest BCUT2D eigenvalue weighted by Gasteiger charge is 2.43. The number of fused-ring (bicyclic) bond motifs is 1. The SMILES string of the molecule is Cc1ccc(C(=O)N2N=C3/C(=C/c4ccccc4)CCC[C@H]3[C@@H]2c2ccccc2)cc1. The second kappa shape index (κ2) is 8.35. The molecule has 0 bridgehead atoms. The van der Waals surface area contributed by atoms with Gasteiger partial charge in [0.05, 0.1) is 11.8 Å². The fourth-order valence-electron chi connectivity index (χ4n) is 4.73. The van der Waals surface area contributed by atoms with E-state index in [1.165, 1.54) is 11.1 Å². The number of nitrogens with zero attached hydrogens (tertiary/aromatic N) is 2. The van der Waals surface area contributed by atoms with Gasteiger partial charge in [-0.05, 0) is 61.1 Å². The number of aryl methyl sites for hydroxylation is 1. The van der Waals surface area contributed by atoms with Crippen LogP contribution < -0.4 is 0 Å². The quantitative estimate of drug-likeness (QED) is 0.493. The number of benzene rings is 3. The third-order valence-electron chi connectivity index (χ3n) is 6.29. The van der Waals surface area contributed by atoms with Gasteiger partial charge in [-0.1, -0.05) is 78.4 Å². The number of hydrogen-bond acceptors (Lipinski definition) is 2. The minimum atomic E-state index is -0.0653. The number of allylic oxidation sites excluding steroid dienone is 1. The third kappa shape index (κ3) is 3.84. The van der Waals surface area contributed by atoms with Gasteiger partial charge in [0.15, 0.2) is 0 Å². The standard InChI is InChI=1S/C28H26N2O/c1-20-15-17-23(18-16-20)28(31)30-27(22-11-6-3-7-12-22)25-14-8-13-24(26(25)29-30)19-21-9-4-2-5-10-21/h2-7,9-12,15-19,25,27H,8,13-14H2,1H3/b24-19+/t25-,27+/m1/s1. The van der Waals surface area contributed by atoms with Gasteiger partial charge in [-0.2, -0.15) is 5.10 Å². The zero-order valence-corrected chi connectivity index (χ0v) is 17.7. The second-order valence-electron chi connectivity index (χ2n) is 8.44. The van der Waals surface area contributed by atoms with Gasteiger partial charge in [0.25, 0.3) is 5.91 Å². The van der Waals surface area contributed by atoms with Crippen LogP contribution in [0.15, 0.2) is 95.6 Å². The van der Waals surface area contributed by atoms with Gasteiger partial charge in [0.1, 0.15) is 0 Å². The first-order valence-electron chi connectivity index (χ1n) is 11.0. The Bertz CT molecular complexity index is 1130. The summed E-state index contributed by atoms with van der Waals surface area (Å²) in [6.45, 7) is 2.03. The van der Waals surface area contributed by atoms with E-state index >= 15 is 0 Å². The Balaban J connectivity index is 1.57. The van der Waals surface area contributed by atoms with Crippen molar-refractivity contribution in [1.82, 2.24) is 5.01 Å². The summed E-state index contributed by atoms with van der Waals surface area (Å²) in [6.07, 6.45) is 5.39. The minimum absolute atomic E-state index is 0.0326. The number of carbonyl (C=O) groups excluding carboxylic acids is 1. The van der Waals surface area contributed by atoms with E-state index in [9.17, 15) is 4.79 Å². The molecule has 0 radical (unpaired) electrons. The van der Waals surface area contributed by atoms with Gasteiger partial charge in [-0.25, -0.2) is 5.01 Å². The molecule has 1 aliphatic carbocycles. The lowest BCUT2D eigenvalue weighted by Gasteiger charge is -2.29. The molecule has 1 amide bonds. The van der Waals surface area contributed by atoms with E-state index < -0.39 is 0 Å². The van der Waals surface area contributed by atoms with Gasteiger partial charge in [0.2, 0.25) is 0 Å². The van der Waals surface area contributed by atoms with Crippen LogP contribution in [0.5, 0.6) is 0 Å². The van der Waals surface area contributed by atoms with Crippen LogP contribution in [0.3, 0.4) is 0 Å². The van der Waals surface area contributed by atoms with Gasteiger partial charge in [-0.3, -0.25) is 4.79 Å². The summed E-state index contributed by atoms with van der Waals surface area (Å²) in [6, 6.07) is 28.5. The number of hydrogen-bond donors (Lipinski definition) is 0. The molecular formula is C28H26N2O. The third-order valence-corrected chi connectivity index (χ3v) is 6.29. The lowest BCUT2D eigenvalue weighted by Crippen LogP contribution is -2.31. The molecule has 31 heavy (non-hydrogen) atoms. The zero-order chi connectivity index (χ0) is 21.2. The summed E-state index contributed by atoms with van der Waals surface area (Å²) >= 11 is 0. The summed E-state index contributed by atoms with van der Waals surface area (Å²) in [5.41, 5.74) is 6.48. The predicted molar refractivity (Wildman–Crippen MR) is 126 cm³/mol. The molecule has 0 saturated heterocycles. The van der Waals surface area contributed by atoms with Crippen molar-refractivity contribution < 1.29 is 4.79 Å². The molecule has 0 spiro atoms. The maximum Gasteiger partial charge on any atom is 0.274 e. The molecule has 2 atom stereocenters. The van der Waals surface area contributed by atoms with E-state index in [1.807, 2.05) is 55.5 Å². The Kier molecular flexibility index (Phi) is 5.25. The first-order chi connectivity index (χ1) is 15.2. The van der Waals surface area contributed by atoms with E-state index in [0.717, 1.165) is 36.1 Å². The molecule has 3 nitrogen and oxygen atoms in total. The van der Waals surface area contributed by atoms with E-state index in [0.29, 0.717) is 5.56 Å². The van der Waals surface area contributed by atoms with Crippen LogP contribution in [-0.2, 0) is 0 Å². The highest BCUT2D eigenvalue weighted by atomic mass is 16.2. The molecule has 1 aliphatic heterocycles. The molecule has 3 aromatic carbocycles. The topological polar surface area (TPSA) is 32.7 Å². The second-order valence-corrected chi connectivity index (χ2v) is 8.44. The van der Waals surface area contributed by atoms with Crippen LogP contribution in [0.4, 0.5) is 0 Å². The van der Waals surface area contributed by atoms with Gasteiger partial charge in [-0.15, -0.1) is 0 Å². The van der Waals surface area contributed by atoms with Crippen LogP contribution in [0.2, 0.25) is 0 Å². The van der Waals surface area contributed by atoms with Gasteiger partial charge < -0.3 is 0 Å². The molecule has 154 valence electrons. The Labute approximate surface area is 183 Å². The number of amides is 1. The summed E-state index contributed by atoms with van der Waals surface area (Å²) in [5, 5.41) is 6.72. The van der Waals surface area contributed by atoms with E-state index in [1.54, 1.807) is 5.01 Å². The molecule has 5 rings (SSSR count). The Morgan fingerprint density at radius 3 is 2.32 bits per heavy atom. The molecule has 1 heterocycles. The molecule has 3 aromatic rings. The van der Waals surface area contributed by atoms with Gasteiger partial charge >= 0.3 is 0 Å². The molecule has 1 fully saturated rings. The number of hydrazone groups is 1. The molecular weight excluding hydrogens is 380 g/mol. The highest BCUT2D eigenvalue weighted by Crippen LogP contribution is 2.44. The lowest BCUT2D eigenvalue weighted by atomic mass is 9.77. The maximum absolute atomic E-state index is 13.5. The molecule has 1 saturated carbocycles. The minimum Gasteiger partial charge on any atom is -0.267 e. The summed E-state index contributed by atoms with van der Waals surface area (Å²) in [7, 11) is 0. The lowest BCUT2D eigenvalue weighted by molar-refractivity contribution is 0.0681. The monoisotopic (exact) mass is 406 g/mol. The van der Waals surface area contributed by atoms with Crippen molar-refractivity contribution in [1.29, 1.82) is 0 Å². The summed E-state index contributed by atoms with van der Waals surface area (Å²) < 4.78 is 0. The van der Waals surface area contributed by atoms with E-state index in [4.69, 9.17) is 5.10 Å². The Morgan fingerprint density at radius 2 is 1.61 bits per heavy atom. The summed E-state index contributed by atoms with van der Waals surface area (Å²) in [4.78, 5) is 13.5. The van der Waals surface area contributed by atoms with Crippen molar-refractivity contribution in [2.24, 2.45) is 11.0 Å². The molecule has 2 aliphatic rings. The molecule has 3 heteroatoms. The predicted octanol–water partition coefficient (Wildman–Crippen LogP) is 6.43. The van der Waals surface area contributed by atoms with E-state index in [-0.39, 0.29) is 17.9 Å². The van der Waals surface area contributed by atoms with Crippen LogP contribution in [0, 0.1) is 12.8 Å². The van der Waals surface area contributed by atoms with Crippen molar-refractivity contribution in [3.8, 4) is 0 Å².